The van der Waals surface area contributed by atoms with Crippen LogP contribution in [0.3, 0.4) is 0 Å². The number of hydrogen-bond acceptors (Lipinski definition) is 4. The number of carbonyl (C=O) groups is 1. The average Bonchev–Trinajstić information content (AvgIpc) is 3.15. The van der Waals surface area contributed by atoms with Crippen molar-refractivity contribution in [3.63, 3.8) is 0 Å². The quantitative estimate of drug-likeness (QED) is 0.580. The van der Waals surface area contributed by atoms with Crippen LogP contribution in [0.5, 0.6) is 5.75 Å². The molecule has 166 valence electrons. The Morgan fingerprint density at radius 1 is 1.09 bits per heavy atom. The van der Waals surface area contributed by atoms with E-state index in [2.05, 4.69) is 10.0 Å². The van der Waals surface area contributed by atoms with Gasteiger partial charge in [-0.1, -0.05) is 24.3 Å². The molecule has 3 aromatic carbocycles. The third-order valence-electron chi connectivity index (χ3n) is 5.58. The summed E-state index contributed by atoms with van der Waals surface area (Å²) in [5.74, 6) is -0.300. The van der Waals surface area contributed by atoms with Crippen LogP contribution in [0.15, 0.2) is 65.6 Å². The number of anilines is 1. The van der Waals surface area contributed by atoms with Crippen LogP contribution >= 0.6 is 0 Å². The van der Waals surface area contributed by atoms with Gasteiger partial charge in [-0.3, -0.25) is 9.52 Å². The molecule has 6 nitrogen and oxygen atoms in total. The molecule has 0 saturated carbocycles. The third-order valence-corrected chi connectivity index (χ3v) is 7.09. The van der Waals surface area contributed by atoms with E-state index in [9.17, 15) is 17.6 Å². The molecule has 1 amide bonds. The van der Waals surface area contributed by atoms with Gasteiger partial charge >= 0.3 is 0 Å². The number of methoxy groups -OCH3 is 1. The molecule has 1 aliphatic carbocycles. The van der Waals surface area contributed by atoms with E-state index < -0.39 is 10.0 Å². The van der Waals surface area contributed by atoms with Crippen molar-refractivity contribution in [3.8, 4) is 5.75 Å². The standard InChI is InChI=1S/C24H23FN2O4S/c1-15-7-8-17(24(28)26-20-12-9-16-13-18(25)10-11-19(16)20)14-23(15)32(29,30)27-21-5-3-4-6-22(21)31-2/h3-8,10-11,13-14,20,27H,9,12H2,1-2H3,(H,26,28). The molecule has 32 heavy (non-hydrogen) atoms. The van der Waals surface area contributed by atoms with Gasteiger partial charge in [-0.2, -0.15) is 0 Å². The van der Waals surface area contributed by atoms with Crippen LogP contribution in [0.4, 0.5) is 10.1 Å². The second-order valence-corrected chi connectivity index (χ2v) is 9.34. The Bertz CT molecular complexity index is 1290. The van der Waals surface area contributed by atoms with Crippen molar-refractivity contribution in [1.82, 2.24) is 5.32 Å². The van der Waals surface area contributed by atoms with Gasteiger partial charge in [0.2, 0.25) is 0 Å². The van der Waals surface area contributed by atoms with E-state index in [1.807, 2.05) is 0 Å². The summed E-state index contributed by atoms with van der Waals surface area (Å²) in [5, 5.41) is 2.94. The van der Waals surface area contributed by atoms with Gasteiger partial charge in [0.1, 0.15) is 11.6 Å². The highest BCUT2D eigenvalue weighted by molar-refractivity contribution is 7.92. The summed E-state index contributed by atoms with van der Waals surface area (Å²) in [6.45, 7) is 1.67. The molecule has 0 radical (unpaired) electrons. The Kier molecular flexibility index (Phi) is 5.88. The fourth-order valence-electron chi connectivity index (χ4n) is 3.94. The first-order valence-electron chi connectivity index (χ1n) is 10.1. The normalized spacial score (nSPS) is 15.2. The maximum absolute atomic E-state index is 13.5. The van der Waals surface area contributed by atoms with E-state index in [0.29, 0.717) is 29.8 Å². The van der Waals surface area contributed by atoms with Gasteiger partial charge in [0.15, 0.2) is 0 Å². The van der Waals surface area contributed by atoms with Crippen LogP contribution in [0.2, 0.25) is 0 Å². The first-order chi connectivity index (χ1) is 15.3. The zero-order valence-corrected chi connectivity index (χ0v) is 18.5. The van der Waals surface area contributed by atoms with Gasteiger partial charge in [0.05, 0.1) is 23.7 Å². The third kappa shape index (κ3) is 4.31. The number of rotatable bonds is 6. The minimum absolute atomic E-state index is 0.00458. The van der Waals surface area contributed by atoms with Gasteiger partial charge in [-0.15, -0.1) is 0 Å². The van der Waals surface area contributed by atoms with Gasteiger partial charge in [0.25, 0.3) is 15.9 Å². The average molecular weight is 455 g/mol. The minimum atomic E-state index is -3.96. The zero-order valence-electron chi connectivity index (χ0n) is 17.7. The second kappa shape index (κ2) is 8.63. The summed E-state index contributed by atoms with van der Waals surface area (Å²) < 4.78 is 47.3. The van der Waals surface area contributed by atoms with Crippen molar-refractivity contribution < 1.29 is 22.3 Å². The molecule has 0 saturated heterocycles. The number of ether oxygens (including phenoxy) is 1. The lowest BCUT2D eigenvalue weighted by Gasteiger charge is -2.16. The van der Waals surface area contributed by atoms with E-state index in [1.165, 1.54) is 25.3 Å². The van der Waals surface area contributed by atoms with Crippen molar-refractivity contribution in [2.75, 3.05) is 11.8 Å². The van der Waals surface area contributed by atoms with Crippen molar-refractivity contribution in [2.24, 2.45) is 0 Å². The number of carbonyl (C=O) groups excluding carboxylic acids is 1. The maximum Gasteiger partial charge on any atom is 0.262 e. The number of halogens is 1. The number of aryl methyl sites for hydroxylation is 2. The van der Waals surface area contributed by atoms with Gasteiger partial charge < -0.3 is 10.1 Å². The molecule has 0 fully saturated rings. The van der Waals surface area contributed by atoms with Gasteiger partial charge in [0, 0.05) is 5.56 Å². The highest BCUT2D eigenvalue weighted by Crippen LogP contribution is 2.32. The summed E-state index contributed by atoms with van der Waals surface area (Å²) in [4.78, 5) is 12.9. The number of sulfonamides is 1. The Labute approximate surface area is 186 Å². The van der Waals surface area contributed by atoms with Crippen molar-refractivity contribution in [3.05, 3.63) is 88.7 Å². The van der Waals surface area contributed by atoms with Gasteiger partial charge in [-0.25, -0.2) is 12.8 Å². The zero-order chi connectivity index (χ0) is 22.9. The fourth-order valence-corrected chi connectivity index (χ4v) is 5.28. The number of benzene rings is 3. The van der Waals surface area contributed by atoms with Crippen LogP contribution < -0.4 is 14.8 Å². The molecule has 0 aliphatic heterocycles. The summed E-state index contributed by atoms with van der Waals surface area (Å²) >= 11 is 0. The van der Waals surface area contributed by atoms with Crippen molar-refractivity contribution >= 4 is 21.6 Å². The number of para-hydroxylation sites is 2. The minimum Gasteiger partial charge on any atom is -0.495 e. The van der Waals surface area contributed by atoms with Crippen LogP contribution in [0.1, 0.15) is 39.5 Å². The second-order valence-electron chi connectivity index (χ2n) is 7.69. The highest BCUT2D eigenvalue weighted by atomic mass is 32.2. The van der Waals surface area contributed by atoms with Crippen LogP contribution in [-0.2, 0) is 16.4 Å². The molecule has 4 rings (SSSR count). The van der Waals surface area contributed by atoms with Crippen LogP contribution in [0.25, 0.3) is 0 Å². The molecule has 3 aromatic rings. The molecule has 2 N–H and O–H groups in total. The molecule has 0 spiro atoms. The Morgan fingerprint density at radius 3 is 2.66 bits per heavy atom. The maximum atomic E-state index is 13.5. The predicted octanol–water partition coefficient (Wildman–Crippen LogP) is 4.36. The van der Waals surface area contributed by atoms with Crippen molar-refractivity contribution in [2.45, 2.75) is 30.7 Å². The largest absolute Gasteiger partial charge is 0.495 e. The lowest BCUT2D eigenvalue weighted by molar-refractivity contribution is 0.0936. The fraction of sp³-hybridized carbons (Fsp3) is 0.208. The molecule has 1 aliphatic rings. The highest BCUT2D eigenvalue weighted by Gasteiger charge is 2.26. The Hall–Kier alpha value is -3.39. The van der Waals surface area contributed by atoms with Crippen molar-refractivity contribution in [1.29, 1.82) is 0 Å². The molecule has 1 unspecified atom stereocenters. The van der Waals surface area contributed by atoms with E-state index in [0.717, 1.165) is 11.1 Å². The topological polar surface area (TPSA) is 84.5 Å². The van der Waals surface area contributed by atoms with Crippen LogP contribution in [-0.4, -0.2) is 21.4 Å². The van der Waals surface area contributed by atoms with E-state index in [1.54, 1.807) is 49.4 Å². The van der Waals surface area contributed by atoms with Gasteiger partial charge in [-0.05, 0) is 72.9 Å². The molecular weight excluding hydrogens is 431 g/mol. The lowest BCUT2D eigenvalue weighted by Crippen LogP contribution is -2.27. The summed E-state index contributed by atoms with van der Waals surface area (Å²) in [5.41, 5.74) is 2.80. The summed E-state index contributed by atoms with van der Waals surface area (Å²) in [6.07, 6.45) is 1.34. The van der Waals surface area contributed by atoms with E-state index in [4.69, 9.17) is 4.74 Å². The van der Waals surface area contributed by atoms with E-state index >= 15 is 0 Å². The first-order valence-corrected chi connectivity index (χ1v) is 11.6. The Balaban J connectivity index is 1.58. The molecule has 0 bridgehead atoms. The molecule has 0 heterocycles. The summed E-state index contributed by atoms with van der Waals surface area (Å²) in [7, 11) is -2.51. The van der Waals surface area contributed by atoms with E-state index in [-0.39, 0.29) is 28.2 Å². The number of nitrogens with one attached hydrogen (secondary N) is 2. The summed E-state index contributed by atoms with van der Waals surface area (Å²) in [6, 6.07) is 15.6. The lowest BCUT2D eigenvalue weighted by atomic mass is 10.1. The molecule has 0 aromatic heterocycles. The first kappa shape index (κ1) is 21.8. The smallest absolute Gasteiger partial charge is 0.262 e. The number of amides is 1. The number of hydrogen-bond donors (Lipinski definition) is 2. The molecular formula is C24H23FN2O4S. The SMILES string of the molecule is COc1ccccc1NS(=O)(=O)c1cc(C(=O)NC2CCc3cc(F)ccc32)ccc1C. The Morgan fingerprint density at radius 2 is 1.88 bits per heavy atom. The predicted molar refractivity (Wildman–Crippen MR) is 120 cm³/mol. The molecule has 1 atom stereocenters. The monoisotopic (exact) mass is 454 g/mol. The van der Waals surface area contributed by atoms with Crippen LogP contribution in [0, 0.1) is 12.7 Å². The molecule has 8 heteroatoms. The number of fused-ring (bicyclic) bond motifs is 1.